The van der Waals surface area contributed by atoms with E-state index in [0.717, 1.165) is 28.2 Å². The summed E-state index contributed by atoms with van der Waals surface area (Å²) in [6.07, 6.45) is 0. The van der Waals surface area contributed by atoms with Crippen molar-refractivity contribution in [1.29, 1.82) is 0 Å². The summed E-state index contributed by atoms with van der Waals surface area (Å²) < 4.78 is 0. The molecule has 0 unspecified atom stereocenters. The minimum Gasteiger partial charge on any atom is -0.352 e. The molecule has 2 amide bonds. The molecule has 0 spiro atoms. The maximum absolute atomic E-state index is 12.6. The van der Waals surface area contributed by atoms with Crippen LogP contribution in [-0.2, 0) is 0 Å². The summed E-state index contributed by atoms with van der Waals surface area (Å²) in [5.74, 6) is 0.781. The Morgan fingerprint density at radius 1 is 0.903 bits per heavy atom. The van der Waals surface area contributed by atoms with Gasteiger partial charge in [-0.25, -0.2) is 4.79 Å². The first-order chi connectivity index (χ1) is 14.9. The standard InChI is InChI=1S/C23H23Cl2N5O/c1-15-11-16(2)13-18(12-15)26-23(31)30-9-7-29(8-10-30)22-6-5-21(27-28-22)19-4-3-17(24)14-20(19)25/h3-6,11-14H,7-10H2,1-2H3,(H,26,31). The van der Waals surface area contributed by atoms with Crippen molar-refractivity contribution in [2.75, 3.05) is 36.4 Å². The van der Waals surface area contributed by atoms with Gasteiger partial charge in [-0.05, 0) is 67.4 Å². The number of nitrogens with zero attached hydrogens (tertiary/aromatic N) is 4. The van der Waals surface area contributed by atoms with Crippen LogP contribution in [0.4, 0.5) is 16.3 Å². The third-order valence-corrected chi connectivity index (χ3v) is 5.77. The van der Waals surface area contributed by atoms with E-state index in [1.807, 2.05) is 49.1 Å². The van der Waals surface area contributed by atoms with Gasteiger partial charge >= 0.3 is 6.03 Å². The largest absolute Gasteiger partial charge is 0.352 e. The molecule has 3 aromatic rings. The van der Waals surface area contributed by atoms with Gasteiger partial charge in [0, 0.05) is 42.5 Å². The zero-order valence-electron chi connectivity index (χ0n) is 17.4. The quantitative estimate of drug-likeness (QED) is 0.572. The first-order valence-corrected chi connectivity index (χ1v) is 10.8. The molecule has 1 saturated heterocycles. The highest BCUT2D eigenvalue weighted by Crippen LogP contribution is 2.29. The van der Waals surface area contributed by atoms with Crippen LogP contribution in [0.15, 0.2) is 48.5 Å². The van der Waals surface area contributed by atoms with Crippen molar-refractivity contribution in [3.63, 3.8) is 0 Å². The molecule has 31 heavy (non-hydrogen) atoms. The topological polar surface area (TPSA) is 61.4 Å². The van der Waals surface area contributed by atoms with E-state index in [0.29, 0.717) is 41.9 Å². The van der Waals surface area contributed by atoms with Crippen molar-refractivity contribution in [2.24, 2.45) is 0 Å². The van der Waals surface area contributed by atoms with Crippen molar-refractivity contribution in [2.45, 2.75) is 13.8 Å². The van der Waals surface area contributed by atoms with E-state index >= 15 is 0 Å². The molecular weight excluding hydrogens is 433 g/mol. The van der Waals surface area contributed by atoms with E-state index in [-0.39, 0.29) is 6.03 Å². The summed E-state index contributed by atoms with van der Waals surface area (Å²) >= 11 is 12.2. The van der Waals surface area contributed by atoms with Gasteiger partial charge in [0.2, 0.25) is 0 Å². The molecule has 1 aliphatic heterocycles. The Hall–Kier alpha value is -2.83. The summed E-state index contributed by atoms with van der Waals surface area (Å²) in [4.78, 5) is 16.6. The lowest BCUT2D eigenvalue weighted by atomic mass is 10.1. The minimum atomic E-state index is -0.0801. The number of aryl methyl sites for hydroxylation is 2. The van der Waals surface area contributed by atoms with Gasteiger partial charge in [0.15, 0.2) is 5.82 Å². The molecule has 2 aromatic carbocycles. The number of aromatic nitrogens is 2. The fourth-order valence-electron chi connectivity index (χ4n) is 3.72. The van der Waals surface area contributed by atoms with Crippen LogP contribution in [0.3, 0.4) is 0 Å². The number of halogens is 2. The minimum absolute atomic E-state index is 0.0801. The molecule has 6 nitrogen and oxygen atoms in total. The third-order valence-electron chi connectivity index (χ3n) is 5.22. The molecule has 0 aliphatic carbocycles. The molecule has 0 atom stereocenters. The van der Waals surface area contributed by atoms with Gasteiger partial charge < -0.3 is 15.1 Å². The van der Waals surface area contributed by atoms with E-state index in [2.05, 4.69) is 26.5 Å². The van der Waals surface area contributed by atoms with Gasteiger partial charge in [-0.3, -0.25) is 0 Å². The molecule has 4 rings (SSSR count). The first-order valence-electron chi connectivity index (χ1n) is 10.1. The molecule has 0 bridgehead atoms. The lowest BCUT2D eigenvalue weighted by Crippen LogP contribution is -2.50. The van der Waals surface area contributed by atoms with Crippen LogP contribution >= 0.6 is 23.2 Å². The Morgan fingerprint density at radius 2 is 1.61 bits per heavy atom. The van der Waals surface area contributed by atoms with E-state index < -0.39 is 0 Å². The predicted molar refractivity (Wildman–Crippen MR) is 126 cm³/mol. The summed E-state index contributed by atoms with van der Waals surface area (Å²) in [5, 5.41) is 12.8. The van der Waals surface area contributed by atoms with Gasteiger partial charge in [-0.2, -0.15) is 0 Å². The average molecular weight is 456 g/mol. The zero-order chi connectivity index (χ0) is 22.0. The predicted octanol–water partition coefficient (Wildman–Crippen LogP) is 5.42. The van der Waals surface area contributed by atoms with E-state index in [4.69, 9.17) is 23.2 Å². The monoisotopic (exact) mass is 455 g/mol. The summed E-state index contributed by atoms with van der Waals surface area (Å²) in [5.41, 5.74) is 4.56. The fourth-order valence-corrected chi connectivity index (χ4v) is 4.23. The molecule has 8 heteroatoms. The number of piperazine rings is 1. The molecule has 1 aliphatic rings. The van der Waals surface area contributed by atoms with Crippen LogP contribution in [0.25, 0.3) is 11.3 Å². The van der Waals surface area contributed by atoms with Gasteiger partial charge in [-0.1, -0.05) is 29.3 Å². The highest BCUT2D eigenvalue weighted by molar-refractivity contribution is 6.36. The van der Waals surface area contributed by atoms with Crippen molar-refractivity contribution in [1.82, 2.24) is 15.1 Å². The zero-order valence-corrected chi connectivity index (χ0v) is 18.9. The second-order valence-electron chi connectivity index (χ2n) is 7.68. The number of hydrogen-bond donors (Lipinski definition) is 1. The lowest BCUT2D eigenvalue weighted by molar-refractivity contribution is 0.208. The molecular formula is C23H23Cl2N5O. The summed E-state index contributed by atoms with van der Waals surface area (Å²) in [6.45, 7) is 6.65. The smallest absolute Gasteiger partial charge is 0.321 e. The SMILES string of the molecule is Cc1cc(C)cc(NC(=O)N2CCN(c3ccc(-c4ccc(Cl)cc4Cl)nn3)CC2)c1. The number of amides is 2. The molecule has 0 saturated carbocycles. The van der Waals surface area contributed by atoms with Crippen molar-refractivity contribution < 1.29 is 4.79 Å². The summed E-state index contributed by atoms with van der Waals surface area (Å²) in [6, 6.07) is 15.1. The van der Waals surface area contributed by atoms with E-state index in [1.54, 1.807) is 12.1 Å². The number of hydrogen-bond acceptors (Lipinski definition) is 4. The van der Waals surface area contributed by atoms with Crippen molar-refractivity contribution in [3.8, 4) is 11.3 Å². The highest BCUT2D eigenvalue weighted by atomic mass is 35.5. The Labute approximate surface area is 191 Å². The fraction of sp³-hybridized carbons (Fsp3) is 0.261. The number of urea groups is 1. The average Bonchev–Trinajstić information content (AvgIpc) is 2.73. The van der Waals surface area contributed by atoms with Crippen LogP contribution in [-0.4, -0.2) is 47.3 Å². The van der Waals surface area contributed by atoms with Crippen LogP contribution in [0.1, 0.15) is 11.1 Å². The Morgan fingerprint density at radius 3 is 2.23 bits per heavy atom. The number of benzene rings is 2. The van der Waals surface area contributed by atoms with E-state index in [9.17, 15) is 4.79 Å². The van der Waals surface area contributed by atoms with Crippen LogP contribution in [0.2, 0.25) is 10.0 Å². The molecule has 2 heterocycles. The lowest BCUT2D eigenvalue weighted by Gasteiger charge is -2.35. The van der Waals surface area contributed by atoms with Crippen LogP contribution in [0.5, 0.6) is 0 Å². The number of anilines is 2. The summed E-state index contributed by atoms with van der Waals surface area (Å²) in [7, 11) is 0. The van der Waals surface area contributed by atoms with E-state index in [1.165, 1.54) is 0 Å². The number of carbonyl (C=O) groups is 1. The second-order valence-corrected chi connectivity index (χ2v) is 8.53. The molecule has 1 N–H and O–H groups in total. The molecule has 1 fully saturated rings. The maximum atomic E-state index is 12.6. The maximum Gasteiger partial charge on any atom is 0.321 e. The third kappa shape index (κ3) is 5.09. The van der Waals surface area contributed by atoms with Gasteiger partial charge in [0.25, 0.3) is 0 Å². The number of nitrogens with one attached hydrogen (secondary N) is 1. The Balaban J connectivity index is 1.36. The molecule has 160 valence electrons. The van der Waals surface area contributed by atoms with Crippen molar-refractivity contribution in [3.05, 3.63) is 69.7 Å². The molecule has 1 aromatic heterocycles. The second kappa shape index (κ2) is 9.12. The Bertz CT molecular complexity index is 1080. The van der Waals surface area contributed by atoms with Crippen LogP contribution < -0.4 is 10.2 Å². The first kappa shape index (κ1) is 21.4. The molecule has 0 radical (unpaired) electrons. The van der Waals surface area contributed by atoms with Gasteiger partial charge in [-0.15, -0.1) is 10.2 Å². The highest BCUT2D eigenvalue weighted by Gasteiger charge is 2.22. The Kier molecular flexibility index (Phi) is 6.30. The number of carbonyl (C=O) groups excluding carboxylic acids is 1. The van der Waals surface area contributed by atoms with Gasteiger partial charge in [0.05, 0.1) is 10.7 Å². The number of rotatable bonds is 3. The normalized spacial score (nSPS) is 13.9. The van der Waals surface area contributed by atoms with Crippen LogP contribution in [0, 0.1) is 13.8 Å². The van der Waals surface area contributed by atoms with Crippen molar-refractivity contribution >= 4 is 40.7 Å². The van der Waals surface area contributed by atoms with Gasteiger partial charge in [0.1, 0.15) is 0 Å².